The van der Waals surface area contributed by atoms with Crippen LogP contribution in [-0.4, -0.2) is 53.8 Å². The maximum absolute atomic E-state index is 13.9. The fourth-order valence-corrected chi connectivity index (χ4v) is 3.50. The number of hydrogen-bond acceptors (Lipinski definition) is 3. The van der Waals surface area contributed by atoms with Gasteiger partial charge >= 0.3 is 0 Å². The molecule has 0 radical (unpaired) electrons. The van der Waals surface area contributed by atoms with Gasteiger partial charge in [-0.1, -0.05) is 0 Å². The van der Waals surface area contributed by atoms with E-state index in [2.05, 4.69) is 4.98 Å². The number of likely N-dealkylation sites (tertiary alicyclic amines) is 1. The van der Waals surface area contributed by atoms with E-state index in [-0.39, 0.29) is 17.4 Å². The van der Waals surface area contributed by atoms with E-state index in [1.54, 1.807) is 25.1 Å². The summed E-state index contributed by atoms with van der Waals surface area (Å²) in [6.07, 6.45) is 1.25. The number of halogens is 2. The average molecular weight is 387 g/mol. The molecule has 5 nitrogen and oxygen atoms in total. The SMILES string of the molecule is Cc1ccc(C(=O)N(C)C)c(C2CCN(C(=O)c3ccc(F)cc3F)CC2)n1. The Balaban J connectivity index is 1.76. The maximum Gasteiger partial charge on any atom is 0.256 e. The predicted molar refractivity (Wildman–Crippen MR) is 101 cm³/mol. The van der Waals surface area contributed by atoms with Crippen LogP contribution in [0.1, 0.15) is 50.9 Å². The highest BCUT2D eigenvalue weighted by Crippen LogP contribution is 2.30. The zero-order valence-corrected chi connectivity index (χ0v) is 16.2. The summed E-state index contributed by atoms with van der Waals surface area (Å²) in [4.78, 5) is 32.8. The Morgan fingerprint density at radius 3 is 2.32 bits per heavy atom. The number of pyridine rings is 1. The van der Waals surface area contributed by atoms with Crippen LogP contribution in [0.3, 0.4) is 0 Å². The molecule has 0 atom stereocenters. The predicted octanol–water partition coefficient (Wildman–Crippen LogP) is 3.39. The summed E-state index contributed by atoms with van der Waals surface area (Å²) in [5, 5.41) is 0. The normalized spacial score (nSPS) is 14.8. The van der Waals surface area contributed by atoms with Crippen molar-refractivity contribution < 1.29 is 18.4 Å². The third kappa shape index (κ3) is 4.03. The molecule has 0 saturated carbocycles. The van der Waals surface area contributed by atoms with Gasteiger partial charge in [0.2, 0.25) is 0 Å². The molecule has 0 aliphatic carbocycles. The van der Waals surface area contributed by atoms with Gasteiger partial charge in [0.05, 0.1) is 16.8 Å². The second-order valence-electron chi connectivity index (χ2n) is 7.28. The van der Waals surface area contributed by atoms with E-state index in [1.807, 2.05) is 13.0 Å². The lowest BCUT2D eigenvalue weighted by Crippen LogP contribution is -2.39. The van der Waals surface area contributed by atoms with Gasteiger partial charge in [-0.25, -0.2) is 8.78 Å². The van der Waals surface area contributed by atoms with Crippen LogP contribution < -0.4 is 0 Å². The van der Waals surface area contributed by atoms with Crippen LogP contribution in [0.15, 0.2) is 30.3 Å². The van der Waals surface area contributed by atoms with Crippen molar-refractivity contribution >= 4 is 11.8 Å². The highest BCUT2D eigenvalue weighted by molar-refractivity contribution is 5.95. The first-order valence-corrected chi connectivity index (χ1v) is 9.21. The van der Waals surface area contributed by atoms with Crippen LogP contribution in [0.2, 0.25) is 0 Å². The summed E-state index contributed by atoms with van der Waals surface area (Å²) in [5.41, 5.74) is 2.03. The molecule has 1 aromatic heterocycles. The minimum Gasteiger partial charge on any atom is -0.345 e. The lowest BCUT2D eigenvalue weighted by molar-refractivity contribution is 0.0704. The van der Waals surface area contributed by atoms with Gasteiger partial charge in [0, 0.05) is 44.9 Å². The molecule has 1 aliphatic rings. The largest absolute Gasteiger partial charge is 0.345 e. The Labute approximate surface area is 163 Å². The van der Waals surface area contributed by atoms with Crippen molar-refractivity contribution in [3.8, 4) is 0 Å². The average Bonchev–Trinajstić information content (AvgIpc) is 2.67. The molecule has 2 heterocycles. The number of carbonyl (C=O) groups is 2. The number of benzene rings is 1. The van der Waals surface area contributed by atoms with E-state index in [0.717, 1.165) is 23.5 Å². The number of hydrogen-bond donors (Lipinski definition) is 0. The topological polar surface area (TPSA) is 53.5 Å². The first kappa shape index (κ1) is 19.9. The van der Waals surface area contributed by atoms with Crippen LogP contribution in [-0.2, 0) is 0 Å². The zero-order valence-electron chi connectivity index (χ0n) is 16.2. The van der Waals surface area contributed by atoms with Crippen LogP contribution in [0.25, 0.3) is 0 Å². The maximum atomic E-state index is 13.9. The number of rotatable bonds is 3. The highest BCUT2D eigenvalue weighted by atomic mass is 19.1. The second kappa shape index (κ2) is 8.04. The van der Waals surface area contributed by atoms with Crippen molar-refractivity contribution in [3.05, 3.63) is 64.5 Å². The molecular formula is C21H23F2N3O2. The van der Waals surface area contributed by atoms with E-state index in [1.165, 1.54) is 11.0 Å². The number of aromatic nitrogens is 1. The zero-order chi connectivity index (χ0) is 20.4. The van der Waals surface area contributed by atoms with Gasteiger partial charge < -0.3 is 9.80 Å². The van der Waals surface area contributed by atoms with Gasteiger partial charge in [0.15, 0.2) is 0 Å². The van der Waals surface area contributed by atoms with Gasteiger partial charge in [0.1, 0.15) is 11.6 Å². The Morgan fingerprint density at radius 1 is 1.07 bits per heavy atom. The van der Waals surface area contributed by atoms with Gasteiger partial charge in [-0.3, -0.25) is 14.6 Å². The molecule has 1 aromatic carbocycles. The molecular weight excluding hydrogens is 364 g/mol. The molecule has 3 rings (SSSR count). The molecule has 0 spiro atoms. The number of amides is 2. The Morgan fingerprint density at radius 2 is 1.71 bits per heavy atom. The quantitative estimate of drug-likeness (QED) is 0.811. The van der Waals surface area contributed by atoms with Crippen LogP contribution in [0.4, 0.5) is 8.78 Å². The minimum absolute atomic E-state index is 0.0425. The van der Waals surface area contributed by atoms with Crippen molar-refractivity contribution in [3.63, 3.8) is 0 Å². The fraction of sp³-hybridized carbons (Fsp3) is 0.381. The molecule has 0 unspecified atom stereocenters. The van der Waals surface area contributed by atoms with E-state index >= 15 is 0 Å². The minimum atomic E-state index is -0.855. The monoisotopic (exact) mass is 387 g/mol. The van der Waals surface area contributed by atoms with Gasteiger partial charge in [-0.05, 0) is 44.0 Å². The van der Waals surface area contributed by atoms with E-state index in [4.69, 9.17) is 0 Å². The Hall–Kier alpha value is -2.83. The van der Waals surface area contributed by atoms with Gasteiger partial charge in [-0.15, -0.1) is 0 Å². The van der Waals surface area contributed by atoms with Crippen molar-refractivity contribution in [2.75, 3.05) is 27.2 Å². The molecule has 28 heavy (non-hydrogen) atoms. The van der Waals surface area contributed by atoms with E-state index < -0.39 is 17.5 Å². The fourth-order valence-electron chi connectivity index (χ4n) is 3.50. The molecule has 1 saturated heterocycles. The van der Waals surface area contributed by atoms with Gasteiger partial charge in [-0.2, -0.15) is 0 Å². The Kier molecular flexibility index (Phi) is 5.72. The first-order chi connectivity index (χ1) is 13.3. The standard InChI is InChI=1S/C21H23F2N3O2/c1-13-4-6-17(20(27)25(2)3)19(24-13)14-8-10-26(11-9-14)21(28)16-7-5-15(22)12-18(16)23/h4-7,12,14H,8-11H2,1-3H3. The van der Waals surface area contributed by atoms with Crippen molar-refractivity contribution in [1.29, 1.82) is 0 Å². The third-order valence-electron chi connectivity index (χ3n) is 5.03. The highest BCUT2D eigenvalue weighted by Gasteiger charge is 2.29. The molecule has 0 N–H and O–H groups in total. The molecule has 148 valence electrons. The lowest BCUT2D eigenvalue weighted by atomic mass is 9.89. The summed E-state index contributed by atoms with van der Waals surface area (Å²) >= 11 is 0. The molecule has 2 aromatic rings. The summed E-state index contributed by atoms with van der Waals surface area (Å²) in [6, 6.07) is 6.59. The summed E-state index contributed by atoms with van der Waals surface area (Å²) in [6.45, 7) is 2.72. The summed E-state index contributed by atoms with van der Waals surface area (Å²) in [7, 11) is 3.40. The van der Waals surface area contributed by atoms with Crippen LogP contribution in [0, 0.1) is 18.6 Å². The van der Waals surface area contributed by atoms with Crippen LogP contribution >= 0.6 is 0 Å². The molecule has 2 amide bonds. The number of aryl methyl sites for hydroxylation is 1. The molecule has 1 aliphatic heterocycles. The summed E-state index contributed by atoms with van der Waals surface area (Å²) < 4.78 is 27.0. The van der Waals surface area contributed by atoms with Crippen molar-refractivity contribution in [2.24, 2.45) is 0 Å². The number of nitrogens with zero attached hydrogens (tertiary/aromatic N) is 3. The van der Waals surface area contributed by atoms with Crippen molar-refractivity contribution in [2.45, 2.75) is 25.7 Å². The first-order valence-electron chi connectivity index (χ1n) is 9.21. The van der Waals surface area contributed by atoms with E-state index in [9.17, 15) is 18.4 Å². The third-order valence-corrected chi connectivity index (χ3v) is 5.03. The second-order valence-corrected chi connectivity index (χ2v) is 7.28. The Bertz CT molecular complexity index is 907. The van der Waals surface area contributed by atoms with Crippen molar-refractivity contribution in [1.82, 2.24) is 14.8 Å². The molecule has 1 fully saturated rings. The van der Waals surface area contributed by atoms with E-state index in [0.29, 0.717) is 31.5 Å². The summed E-state index contributed by atoms with van der Waals surface area (Å²) in [5.74, 6) is -2.07. The van der Waals surface area contributed by atoms with Gasteiger partial charge in [0.25, 0.3) is 11.8 Å². The number of carbonyl (C=O) groups excluding carboxylic acids is 2. The van der Waals surface area contributed by atoms with Crippen LogP contribution in [0.5, 0.6) is 0 Å². The number of piperidine rings is 1. The lowest BCUT2D eigenvalue weighted by Gasteiger charge is -2.32. The molecule has 0 bridgehead atoms. The smallest absolute Gasteiger partial charge is 0.256 e. The molecule has 7 heteroatoms.